The van der Waals surface area contributed by atoms with Gasteiger partial charge in [-0.1, -0.05) is 18.2 Å². The van der Waals surface area contributed by atoms with Crippen LogP contribution in [-0.4, -0.2) is 10.4 Å². The minimum atomic E-state index is -0.700. The summed E-state index contributed by atoms with van der Waals surface area (Å²) < 4.78 is 13.1. The molecule has 0 fully saturated rings. The van der Waals surface area contributed by atoms with Crippen LogP contribution in [0.5, 0.6) is 0 Å². The van der Waals surface area contributed by atoms with E-state index in [2.05, 4.69) is 27.8 Å². The molecule has 0 bridgehead atoms. The van der Waals surface area contributed by atoms with Gasteiger partial charge in [-0.3, -0.25) is 5.43 Å². The van der Waals surface area contributed by atoms with E-state index in [9.17, 15) is 4.48 Å². The molecule has 0 saturated heterocycles. The van der Waals surface area contributed by atoms with E-state index < -0.39 is 6.17 Å². The van der Waals surface area contributed by atoms with Crippen LogP contribution in [0.25, 0.3) is 0 Å². The molecule has 1 aromatic rings. The van der Waals surface area contributed by atoms with Crippen LogP contribution in [0.15, 0.2) is 29.3 Å². The molecule has 5 heteroatoms. The first-order chi connectivity index (χ1) is 6.33. The van der Waals surface area contributed by atoms with Crippen molar-refractivity contribution in [2.45, 2.75) is 6.17 Å². The molecule has 13 heavy (non-hydrogen) atoms. The van der Waals surface area contributed by atoms with Crippen LogP contribution in [0.2, 0.25) is 0 Å². The fourth-order valence-electron chi connectivity index (χ4n) is 1.29. The Hall–Kier alpha value is -1.29. The summed E-state index contributed by atoms with van der Waals surface area (Å²) in [7, 11) is 0. The molecular weight excluding hydrogens is 189 g/mol. The fraction of sp³-hybridized carbons (Fsp3) is 0.125. The molecular formula is C8H6FN3S. The van der Waals surface area contributed by atoms with Crippen molar-refractivity contribution >= 4 is 23.1 Å². The number of rotatable bonds is 1. The average molecular weight is 195 g/mol. The van der Waals surface area contributed by atoms with Crippen molar-refractivity contribution in [1.29, 1.82) is 0 Å². The van der Waals surface area contributed by atoms with Crippen LogP contribution in [0, 0.1) is 0 Å². The maximum absolute atomic E-state index is 13.1. The Bertz CT molecular complexity index is 375. The first-order valence-electron chi connectivity index (χ1n) is 3.70. The Morgan fingerprint density at radius 1 is 1.54 bits per heavy atom. The van der Waals surface area contributed by atoms with Gasteiger partial charge in [0.25, 0.3) is 0 Å². The summed E-state index contributed by atoms with van der Waals surface area (Å²) in [5.41, 5.74) is 4.00. The van der Waals surface area contributed by atoms with Crippen LogP contribution in [0.3, 0.4) is 0 Å². The molecule has 2 rings (SSSR count). The topological polar surface area (TPSA) is 27.6 Å². The lowest BCUT2D eigenvalue weighted by atomic mass is 10.1. The van der Waals surface area contributed by atoms with Crippen molar-refractivity contribution < 1.29 is 4.48 Å². The second-order valence-electron chi connectivity index (χ2n) is 2.60. The fourth-order valence-corrected chi connectivity index (χ4v) is 1.39. The molecule has 1 unspecified atom stereocenters. The van der Waals surface area contributed by atoms with Gasteiger partial charge in [-0.2, -0.15) is 0 Å². The lowest BCUT2D eigenvalue weighted by Crippen LogP contribution is -2.16. The van der Waals surface area contributed by atoms with Gasteiger partial charge < -0.3 is 0 Å². The quantitative estimate of drug-likeness (QED) is 0.423. The summed E-state index contributed by atoms with van der Waals surface area (Å²) in [5, 5.41) is 2.57. The Labute approximate surface area is 79.8 Å². The predicted molar refractivity (Wildman–Crippen MR) is 50.8 cm³/mol. The molecule has 66 valence electrons. The average Bonchev–Trinajstić information content (AvgIpc) is 2.44. The van der Waals surface area contributed by atoms with Gasteiger partial charge in [-0.05, 0) is 23.5 Å². The highest BCUT2D eigenvalue weighted by atomic mass is 32.1. The summed E-state index contributed by atoms with van der Waals surface area (Å²) in [6, 6.07) is 7.22. The molecule has 0 radical (unpaired) electrons. The number of aliphatic imine (C=N–C) groups is 1. The van der Waals surface area contributed by atoms with E-state index in [1.54, 1.807) is 12.1 Å². The summed E-state index contributed by atoms with van der Waals surface area (Å²) in [6.07, 6.45) is -0.700. The first kappa shape index (κ1) is 8.31. The number of nitrogens with one attached hydrogen (secondary N) is 1. The maximum Gasteiger partial charge on any atom is 0.188 e. The van der Waals surface area contributed by atoms with Crippen LogP contribution in [-0.2, 0) is 0 Å². The molecule has 0 aliphatic carbocycles. The van der Waals surface area contributed by atoms with Gasteiger partial charge in [0.2, 0.25) is 0 Å². The number of para-hydroxylation sites is 1. The zero-order valence-electron chi connectivity index (χ0n) is 6.57. The molecule has 1 aliphatic rings. The van der Waals surface area contributed by atoms with Crippen LogP contribution in [0.4, 0.5) is 10.2 Å². The zero-order chi connectivity index (χ0) is 9.26. The van der Waals surface area contributed by atoms with E-state index >= 15 is 0 Å². The van der Waals surface area contributed by atoms with Crippen molar-refractivity contribution in [3.05, 3.63) is 29.8 Å². The Balaban J connectivity index is 2.46. The van der Waals surface area contributed by atoms with Crippen molar-refractivity contribution in [3.63, 3.8) is 0 Å². The largest absolute Gasteiger partial charge is 0.289 e. The van der Waals surface area contributed by atoms with Gasteiger partial charge in [0.05, 0.1) is 10.8 Å². The van der Waals surface area contributed by atoms with Gasteiger partial charge in [0, 0.05) is 5.56 Å². The highest BCUT2D eigenvalue weighted by Gasteiger charge is 2.29. The van der Waals surface area contributed by atoms with E-state index in [0.29, 0.717) is 10.9 Å². The number of benzene rings is 1. The number of hydrazine groups is 1. The summed E-state index contributed by atoms with van der Waals surface area (Å²) in [5.74, 6) is 0. The zero-order valence-corrected chi connectivity index (χ0v) is 7.38. The lowest BCUT2D eigenvalue weighted by Gasteiger charge is -2.07. The monoisotopic (exact) mass is 195 g/mol. The number of hydrogen-bond donors (Lipinski definition) is 1. The van der Waals surface area contributed by atoms with Crippen molar-refractivity contribution in [3.8, 4) is 0 Å². The van der Waals surface area contributed by atoms with Gasteiger partial charge >= 0.3 is 0 Å². The molecule has 1 aliphatic heterocycles. The second-order valence-corrected chi connectivity index (χ2v) is 2.79. The third-order valence-electron chi connectivity index (χ3n) is 1.86. The van der Waals surface area contributed by atoms with E-state index in [-0.39, 0.29) is 0 Å². The number of isothiocyanates is 1. The minimum absolute atomic E-state index is 0.407. The predicted octanol–water partition coefficient (Wildman–Crippen LogP) is 2.32. The van der Waals surface area contributed by atoms with Gasteiger partial charge in [-0.25, -0.2) is 4.99 Å². The molecule has 1 aromatic carbocycles. The van der Waals surface area contributed by atoms with Crippen molar-refractivity contribution in [2.75, 3.05) is 5.43 Å². The van der Waals surface area contributed by atoms with E-state index in [0.717, 1.165) is 5.56 Å². The number of nitrogens with zero attached hydrogens (tertiary/aromatic N) is 2. The second kappa shape index (κ2) is 3.22. The standard InChI is InChI=1S/C8H6FN3S/c9-12-8(10-5-13)6-3-1-2-4-7(6)11-12/h1-4,8,11H. The van der Waals surface area contributed by atoms with Crippen LogP contribution < -0.4 is 5.43 Å². The molecule has 1 N–H and O–H groups in total. The highest BCUT2D eigenvalue weighted by Crippen LogP contribution is 2.35. The minimum Gasteiger partial charge on any atom is -0.289 e. The van der Waals surface area contributed by atoms with Gasteiger partial charge in [-0.15, -0.1) is 4.48 Å². The molecule has 0 amide bonds. The third kappa shape index (κ3) is 1.33. The normalized spacial score (nSPS) is 20.2. The summed E-state index contributed by atoms with van der Waals surface area (Å²) in [6.45, 7) is 0. The number of anilines is 1. The van der Waals surface area contributed by atoms with E-state index in [4.69, 9.17) is 0 Å². The van der Waals surface area contributed by atoms with Crippen molar-refractivity contribution in [2.24, 2.45) is 4.99 Å². The van der Waals surface area contributed by atoms with Crippen LogP contribution in [0.1, 0.15) is 11.7 Å². The van der Waals surface area contributed by atoms with E-state index in [1.165, 1.54) is 0 Å². The third-order valence-corrected chi connectivity index (χ3v) is 1.96. The number of thiocarbonyl (C=S) groups is 1. The number of fused-ring (bicyclic) bond motifs is 1. The summed E-state index contributed by atoms with van der Waals surface area (Å²) >= 11 is 4.43. The van der Waals surface area contributed by atoms with Gasteiger partial charge in [0.1, 0.15) is 0 Å². The Kier molecular flexibility index (Phi) is 2.06. The van der Waals surface area contributed by atoms with Crippen LogP contribution >= 0.6 is 12.2 Å². The van der Waals surface area contributed by atoms with E-state index in [1.807, 2.05) is 12.1 Å². The molecule has 0 aromatic heterocycles. The maximum atomic E-state index is 13.1. The first-order valence-corrected chi connectivity index (χ1v) is 4.11. The highest BCUT2D eigenvalue weighted by molar-refractivity contribution is 7.78. The molecule has 0 saturated carbocycles. The van der Waals surface area contributed by atoms with Crippen molar-refractivity contribution in [1.82, 2.24) is 5.23 Å². The number of hydrogen-bond acceptors (Lipinski definition) is 4. The summed E-state index contributed by atoms with van der Waals surface area (Å²) in [4.78, 5) is 3.70. The molecule has 1 atom stereocenters. The Morgan fingerprint density at radius 3 is 3.08 bits per heavy atom. The lowest BCUT2D eigenvalue weighted by molar-refractivity contribution is 0.0224. The number of halogens is 1. The Morgan fingerprint density at radius 2 is 2.31 bits per heavy atom. The molecule has 3 nitrogen and oxygen atoms in total. The smallest absolute Gasteiger partial charge is 0.188 e. The van der Waals surface area contributed by atoms with Gasteiger partial charge in [0.15, 0.2) is 6.17 Å². The SMILES string of the molecule is FN1Nc2ccccc2C1N=C=S. The molecule has 0 spiro atoms. The molecule has 1 heterocycles.